The van der Waals surface area contributed by atoms with Gasteiger partial charge in [-0.25, -0.2) is 0 Å². The third-order valence-corrected chi connectivity index (χ3v) is 13.7. The van der Waals surface area contributed by atoms with Crippen LogP contribution >= 0.6 is 0 Å². The smallest absolute Gasteiger partial charge is 0.306 e. The van der Waals surface area contributed by atoms with Crippen molar-refractivity contribution in [1.29, 1.82) is 0 Å². The Morgan fingerprint density at radius 1 is 0.288 bits per heavy atom. The molecule has 6 nitrogen and oxygen atoms in total. The highest BCUT2D eigenvalue weighted by molar-refractivity contribution is 5.71. The molecule has 0 aliphatic carbocycles. The average molecular weight is 1020 g/mol. The lowest BCUT2D eigenvalue weighted by atomic mass is 10.0. The van der Waals surface area contributed by atoms with Gasteiger partial charge in [0.15, 0.2) is 6.10 Å². The van der Waals surface area contributed by atoms with Crippen molar-refractivity contribution in [1.82, 2.24) is 0 Å². The standard InChI is InChI=1S/C67H118O6/c1-4-7-10-13-16-19-21-23-25-27-28-29-30-31-32-33-34-35-36-37-38-39-40-41-43-44-46-48-51-54-57-60-66(69)72-63-64(62-71-65(68)59-56-53-50-18-15-12-9-6-3)73-67(70)61-58-55-52-49-47-45-42-26-24-22-20-17-14-11-8-5-2/h7,10,16,19-20,22-23,25-26,28-29,42,64H,4-6,8-9,11-15,17-18,21,24,27,30-41,43-63H2,1-3H3/b10-7-,19-16-,22-20-,25-23-,29-28-,42-26-. The molecule has 73 heavy (non-hydrogen) atoms. The monoisotopic (exact) mass is 1020 g/mol. The minimum Gasteiger partial charge on any atom is -0.462 e. The van der Waals surface area contributed by atoms with Gasteiger partial charge in [0.1, 0.15) is 13.2 Å². The van der Waals surface area contributed by atoms with Gasteiger partial charge in [0.05, 0.1) is 0 Å². The number of unbranched alkanes of at least 4 members (excludes halogenated alkanes) is 34. The Morgan fingerprint density at radius 3 is 0.849 bits per heavy atom. The molecular weight excluding hydrogens is 901 g/mol. The second kappa shape index (κ2) is 61.4. The van der Waals surface area contributed by atoms with Crippen molar-refractivity contribution in [2.45, 2.75) is 322 Å². The molecule has 0 aromatic rings. The molecule has 0 aromatic carbocycles. The first kappa shape index (κ1) is 69.8. The van der Waals surface area contributed by atoms with E-state index in [1.54, 1.807) is 0 Å². The molecule has 0 aliphatic rings. The van der Waals surface area contributed by atoms with E-state index >= 15 is 0 Å². The molecule has 0 spiro atoms. The minimum absolute atomic E-state index is 0.0769. The highest BCUT2D eigenvalue weighted by atomic mass is 16.6. The number of allylic oxidation sites excluding steroid dienone is 12. The third kappa shape index (κ3) is 59.6. The van der Waals surface area contributed by atoms with Crippen LogP contribution in [0.3, 0.4) is 0 Å². The molecule has 0 rings (SSSR count). The summed E-state index contributed by atoms with van der Waals surface area (Å²) < 4.78 is 16.8. The second-order valence-electron chi connectivity index (χ2n) is 20.9. The van der Waals surface area contributed by atoms with E-state index in [1.165, 1.54) is 167 Å². The molecule has 1 unspecified atom stereocenters. The largest absolute Gasteiger partial charge is 0.462 e. The lowest BCUT2D eigenvalue weighted by molar-refractivity contribution is -0.167. The van der Waals surface area contributed by atoms with Gasteiger partial charge in [-0.05, 0) is 89.9 Å². The summed E-state index contributed by atoms with van der Waals surface area (Å²) in [5.41, 5.74) is 0. The van der Waals surface area contributed by atoms with Gasteiger partial charge in [0.2, 0.25) is 0 Å². The predicted octanol–water partition coefficient (Wildman–Crippen LogP) is 21.3. The number of esters is 3. The van der Waals surface area contributed by atoms with Crippen LogP contribution in [0.4, 0.5) is 0 Å². The summed E-state index contributed by atoms with van der Waals surface area (Å²) in [6.07, 6.45) is 79.3. The molecule has 422 valence electrons. The summed E-state index contributed by atoms with van der Waals surface area (Å²) in [6.45, 7) is 6.50. The van der Waals surface area contributed by atoms with Gasteiger partial charge < -0.3 is 14.2 Å². The topological polar surface area (TPSA) is 78.9 Å². The van der Waals surface area contributed by atoms with E-state index in [-0.39, 0.29) is 31.1 Å². The summed E-state index contributed by atoms with van der Waals surface area (Å²) in [4.78, 5) is 38.1. The predicted molar refractivity (Wildman–Crippen MR) is 316 cm³/mol. The first-order valence-corrected chi connectivity index (χ1v) is 31.4. The zero-order valence-electron chi connectivity index (χ0n) is 48.4. The number of rotatable bonds is 57. The SMILES string of the molecule is CC/C=C\C/C=C\C/C=C\C/C=C\CCCCCCCCCCCCCCCCCCCCC(=O)OCC(COC(=O)CCCCCCCCCC)OC(=O)CCCCCCC/C=C\C/C=C\CCCCCC. The van der Waals surface area contributed by atoms with E-state index in [0.717, 1.165) is 109 Å². The van der Waals surface area contributed by atoms with Crippen LogP contribution in [0.2, 0.25) is 0 Å². The molecule has 0 saturated carbocycles. The summed E-state index contributed by atoms with van der Waals surface area (Å²) in [5.74, 6) is -0.882. The van der Waals surface area contributed by atoms with E-state index in [4.69, 9.17) is 14.2 Å². The van der Waals surface area contributed by atoms with Gasteiger partial charge >= 0.3 is 17.9 Å². The highest BCUT2D eigenvalue weighted by Crippen LogP contribution is 2.17. The first-order valence-electron chi connectivity index (χ1n) is 31.4. The fourth-order valence-corrected chi connectivity index (χ4v) is 9.00. The maximum Gasteiger partial charge on any atom is 0.306 e. The van der Waals surface area contributed by atoms with Gasteiger partial charge in [0, 0.05) is 19.3 Å². The Bertz CT molecular complexity index is 1360. The van der Waals surface area contributed by atoms with Crippen molar-refractivity contribution in [2.24, 2.45) is 0 Å². The van der Waals surface area contributed by atoms with E-state index in [2.05, 4.69) is 93.7 Å². The van der Waals surface area contributed by atoms with Crippen molar-refractivity contribution in [3.8, 4) is 0 Å². The van der Waals surface area contributed by atoms with E-state index in [1.807, 2.05) is 0 Å². The molecule has 0 saturated heterocycles. The summed E-state index contributed by atoms with van der Waals surface area (Å²) in [6, 6.07) is 0. The highest BCUT2D eigenvalue weighted by Gasteiger charge is 2.19. The van der Waals surface area contributed by atoms with Gasteiger partial charge in [-0.3, -0.25) is 14.4 Å². The number of carbonyl (C=O) groups is 3. The molecular formula is C67H118O6. The van der Waals surface area contributed by atoms with Crippen LogP contribution in [0.25, 0.3) is 0 Å². The number of hydrogen-bond acceptors (Lipinski definition) is 6. The summed E-state index contributed by atoms with van der Waals surface area (Å²) in [7, 11) is 0. The van der Waals surface area contributed by atoms with Crippen molar-refractivity contribution in [3.05, 3.63) is 72.9 Å². The molecule has 0 amide bonds. The van der Waals surface area contributed by atoms with Crippen molar-refractivity contribution < 1.29 is 28.6 Å². The maximum atomic E-state index is 12.8. The Balaban J connectivity index is 4.07. The number of hydrogen-bond donors (Lipinski definition) is 0. The first-order chi connectivity index (χ1) is 36.0. The fraction of sp³-hybridized carbons (Fsp3) is 0.776. The van der Waals surface area contributed by atoms with Gasteiger partial charge in [-0.1, -0.05) is 280 Å². The van der Waals surface area contributed by atoms with Crippen molar-refractivity contribution in [3.63, 3.8) is 0 Å². The van der Waals surface area contributed by atoms with E-state index in [9.17, 15) is 14.4 Å². The molecule has 1 atom stereocenters. The summed E-state index contributed by atoms with van der Waals surface area (Å²) >= 11 is 0. The lowest BCUT2D eigenvalue weighted by Crippen LogP contribution is -2.30. The molecule has 0 heterocycles. The number of ether oxygens (including phenoxy) is 3. The van der Waals surface area contributed by atoms with Crippen molar-refractivity contribution in [2.75, 3.05) is 13.2 Å². The molecule has 6 heteroatoms. The quantitative estimate of drug-likeness (QED) is 0.0261. The van der Waals surface area contributed by atoms with Crippen LogP contribution in [-0.4, -0.2) is 37.2 Å². The average Bonchev–Trinajstić information content (AvgIpc) is 3.39. The van der Waals surface area contributed by atoms with Crippen LogP contribution in [0.1, 0.15) is 316 Å². The van der Waals surface area contributed by atoms with Gasteiger partial charge in [-0.15, -0.1) is 0 Å². The van der Waals surface area contributed by atoms with Gasteiger partial charge in [0.25, 0.3) is 0 Å². The van der Waals surface area contributed by atoms with Crippen LogP contribution in [0, 0.1) is 0 Å². The molecule has 0 fully saturated rings. The van der Waals surface area contributed by atoms with Crippen LogP contribution in [-0.2, 0) is 28.6 Å². The maximum absolute atomic E-state index is 12.8. The third-order valence-electron chi connectivity index (χ3n) is 13.7. The Hall–Kier alpha value is -3.15. The van der Waals surface area contributed by atoms with Crippen LogP contribution in [0.15, 0.2) is 72.9 Å². The number of carbonyl (C=O) groups excluding carboxylic acids is 3. The van der Waals surface area contributed by atoms with Crippen LogP contribution in [0.5, 0.6) is 0 Å². The Labute approximate surface area is 453 Å². The zero-order valence-corrected chi connectivity index (χ0v) is 48.4. The van der Waals surface area contributed by atoms with Gasteiger partial charge in [-0.2, -0.15) is 0 Å². The lowest BCUT2D eigenvalue weighted by Gasteiger charge is -2.18. The minimum atomic E-state index is -0.778. The normalized spacial score (nSPS) is 12.5. The van der Waals surface area contributed by atoms with Crippen molar-refractivity contribution >= 4 is 17.9 Å². The molecule has 0 aromatic heterocycles. The molecule has 0 N–H and O–H groups in total. The van der Waals surface area contributed by atoms with E-state index in [0.29, 0.717) is 19.3 Å². The summed E-state index contributed by atoms with van der Waals surface area (Å²) in [5, 5.41) is 0. The molecule has 0 radical (unpaired) electrons. The van der Waals surface area contributed by atoms with Crippen LogP contribution < -0.4 is 0 Å². The molecule has 0 aliphatic heterocycles. The zero-order chi connectivity index (χ0) is 52.9. The second-order valence-corrected chi connectivity index (χ2v) is 20.9. The Kier molecular flexibility index (Phi) is 58.7. The fourth-order valence-electron chi connectivity index (χ4n) is 9.00. The Morgan fingerprint density at radius 2 is 0.534 bits per heavy atom. The van der Waals surface area contributed by atoms with E-state index < -0.39 is 6.10 Å². The molecule has 0 bridgehead atoms.